The summed E-state index contributed by atoms with van der Waals surface area (Å²) in [5.74, 6) is -1.10. The summed E-state index contributed by atoms with van der Waals surface area (Å²) in [6, 6.07) is 0. The monoisotopic (exact) mass is 244 g/mol. The Bertz CT molecular complexity index is 278. The molecule has 0 aliphatic heterocycles. The first-order valence-electron chi connectivity index (χ1n) is 5.96. The Labute approximate surface area is 103 Å². The SMILES string of the molecule is CCC(CC)(NCC(=O)NC(C)(C)C)C(=O)O. The molecule has 0 spiro atoms. The van der Waals surface area contributed by atoms with E-state index in [0.29, 0.717) is 12.8 Å². The maximum atomic E-state index is 11.6. The minimum Gasteiger partial charge on any atom is -0.480 e. The van der Waals surface area contributed by atoms with Crippen LogP contribution >= 0.6 is 0 Å². The van der Waals surface area contributed by atoms with Gasteiger partial charge in [0, 0.05) is 5.54 Å². The smallest absolute Gasteiger partial charge is 0.323 e. The Morgan fingerprint density at radius 2 is 1.59 bits per heavy atom. The standard InChI is InChI=1S/C12H24N2O3/c1-6-12(7-2,10(16)17)13-8-9(15)14-11(3,4)5/h13H,6-8H2,1-5H3,(H,14,15)(H,16,17). The average molecular weight is 244 g/mol. The molecule has 0 aromatic rings. The molecule has 0 aliphatic carbocycles. The van der Waals surface area contributed by atoms with Crippen LogP contribution in [0, 0.1) is 0 Å². The van der Waals surface area contributed by atoms with Gasteiger partial charge in [-0.15, -0.1) is 0 Å². The number of hydrogen-bond donors (Lipinski definition) is 3. The summed E-state index contributed by atoms with van der Waals surface area (Å²) >= 11 is 0. The Kier molecular flexibility index (Phi) is 5.61. The first-order chi connectivity index (χ1) is 7.67. The van der Waals surface area contributed by atoms with Gasteiger partial charge in [-0.05, 0) is 33.6 Å². The molecule has 0 aromatic heterocycles. The van der Waals surface area contributed by atoms with Crippen molar-refractivity contribution >= 4 is 11.9 Å². The molecule has 0 fully saturated rings. The number of carboxylic acids is 1. The first-order valence-corrected chi connectivity index (χ1v) is 5.96. The average Bonchev–Trinajstić information content (AvgIpc) is 2.17. The van der Waals surface area contributed by atoms with Gasteiger partial charge in [-0.2, -0.15) is 0 Å². The highest BCUT2D eigenvalue weighted by Crippen LogP contribution is 2.14. The summed E-state index contributed by atoms with van der Waals surface area (Å²) in [7, 11) is 0. The molecule has 0 bridgehead atoms. The van der Waals surface area contributed by atoms with Crippen molar-refractivity contribution in [2.24, 2.45) is 0 Å². The van der Waals surface area contributed by atoms with Crippen LogP contribution in [-0.4, -0.2) is 34.6 Å². The van der Waals surface area contributed by atoms with E-state index < -0.39 is 11.5 Å². The fourth-order valence-electron chi connectivity index (χ4n) is 1.59. The molecule has 5 heteroatoms. The molecule has 0 heterocycles. The second-order valence-electron chi connectivity index (χ2n) is 5.25. The summed E-state index contributed by atoms with van der Waals surface area (Å²) < 4.78 is 0. The summed E-state index contributed by atoms with van der Waals surface area (Å²) in [5.41, 5.74) is -1.31. The zero-order valence-corrected chi connectivity index (χ0v) is 11.4. The van der Waals surface area contributed by atoms with Gasteiger partial charge in [0.05, 0.1) is 6.54 Å². The van der Waals surface area contributed by atoms with Crippen molar-refractivity contribution in [2.75, 3.05) is 6.54 Å². The van der Waals surface area contributed by atoms with Crippen LogP contribution in [0.1, 0.15) is 47.5 Å². The van der Waals surface area contributed by atoms with Gasteiger partial charge >= 0.3 is 5.97 Å². The molecule has 0 aliphatic rings. The number of aliphatic carboxylic acids is 1. The first kappa shape index (κ1) is 15.9. The molecule has 0 atom stereocenters. The quantitative estimate of drug-likeness (QED) is 0.654. The number of hydrogen-bond acceptors (Lipinski definition) is 3. The molecule has 0 radical (unpaired) electrons. The predicted octanol–water partition coefficient (Wildman–Crippen LogP) is 1.13. The zero-order chi connectivity index (χ0) is 13.7. The number of carbonyl (C=O) groups excluding carboxylic acids is 1. The highest BCUT2D eigenvalue weighted by Gasteiger charge is 2.34. The van der Waals surface area contributed by atoms with Crippen molar-refractivity contribution in [3.8, 4) is 0 Å². The molecule has 0 rings (SSSR count). The number of carboxylic acid groups (broad SMARTS) is 1. The van der Waals surface area contributed by atoms with Gasteiger partial charge in [0.1, 0.15) is 5.54 Å². The van der Waals surface area contributed by atoms with Crippen molar-refractivity contribution in [1.29, 1.82) is 0 Å². The number of rotatable bonds is 6. The maximum Gasteiger partial charge on any atom is 0.323 e. The van der Waals surface area contributed by atoms with E-state index in [2.05, 4.69) is 10.6 Å². The van der Waals surface area contributed by atoms with Crippen molar-refractivity contribution in [3.05, 3.63) is 0 Å². The van der Waals surface area contributed by atoms with E-state index in [1.54, 1.807) is 13.8 Å². The Balaban J connectivity index is 4.43. The maximum absolute atomic E-state index is 11.6. The van der Waals surface area contributed by atoms with Gasteiger partial charge in [0.15, 0.2) is 0 Å². The highest BCUT2D eigenvalue weighted by molar-refractivity contribution is 5.82. The van der Waals surface area contributed by atoms with E-state index in [9.17, 15) is 14.7 Å². The van der Waals surface area contributed by atoms with E-state index >= 15 is 0 Å². The van der Waals surface area contributed by atoms with E-state index in [1.807, 2.05) is 20.8 Å². The van der Waals surface area contributed by atoms with Crippen molar-refractivity contribution < 1.29 is 14.7 Å². The number of carbonyl (C=O) groups is 2. The molecule has 0 aromatic carbocycles. The predicted molar refractivity (Wildman–Crippen MR) is 66.8 cm³/mol. The summed E-state index contributed by atoms with van der Waals surface area (Å²) in [6.45, 7) is 9.27. The van der Waals surface area contributed by atoms with Gasteiger partial charge in [0.2, 0.25) is 5.91 Å². The zero-order valence-electron chi connectivity index (χ0n) is 11.4. The van der Waals surface area contributed by atoms with Crippen LogP contribution in [-0.2, 0) is 9.59 Å². The lowest BCUT2D eigenvalue weighted by Crippen LogP contribution is -2.55. The van der Waals surface area contributed by atoms with Crippen LogP contribution in [0.15, 0.2) is 0 Å². The number of amides is 1. The van der Waals surface area contributed by atoms with Crippen LogP contribution in [0.3, 0.4) is 0 Å². The fourth-order valence-corrected chi connectivity index (χ4v) is 1.59. The highest BCUT2D eigenvalue weighted by atomic mass is 16.4. The third-order valence-corrected chi connectivity index (χ3v) is 2.72. The Morgan fingerprint density at radius 1 is 1.12 bits per heavy atom. The molecule has 0 unspecified atom stereocenters. The lowest BCUT2D eigenvalue weighted by Gasteiger charge is -2.29. The molecular weight excluding hydrogens is 220 g/mol. The van der Waals surface area contributed by atoms with Gasteiger partial charge in [-0.25, -0.2) is 0 Å². The Hall–Kier alpha value is -1.10. The van der Waals surface area contributed by atoms with E-state index in [0.717, 1.165) is 0 Å². The van der Waals surface area contributed by atoms with Crippen LogP contribution in [0.25, 0.3) is 0 Å². The minimum absolute atomic E-state index is 0.0191. The van der Waals surface area contributed by atoms with Gasteiger partial charge in [-0.1, -0.05) is 13.8 Å². The lowest BCUT2D eigenvalue weighted by atomic mass is 9.93. The second-order valence-corrected chi connectivity index (χ2v) is 5.25. The van der Waals surface area contributed by atoms with Crippen LogP contribution in [0.2, 0.25) is 0 Å². The molecule has 100 valence electrons. The lowest BCUT2D eigenvalue weighted by molar-refractivity contribution is -0.145. The van der Waals surface area contributed by atoms with Crippen molar-refractivity contribution in [1.82, 2.24) is 10.6 Å². The normalized spacial score (nSPS) is 12.3. The Morgan fingerprint density at radius 3 is 1.88 bits per heavy atom. The molecule has 3 N–H and O–H groups in total. The van der Waals surface area contributed by atoms with Crippen LogP contribution in [0.4, 0.5) is 0 Å². The molecular formula is C12H24N2O3. The topological polar surface area (TPSA) is 78.4 Å². The minimum atomic E-state index is -1.00. The summed E-state index contributed by atoms with van der Waals surface area (Å²) in [4.78, 5) is 22.8. The third-order valence-electron chi connectivity index (χ3n) is 2.72. The van der Waals surface area contributed by atoms with Crippen LogP contribution < -0.4 is 10.6 Å². The van der Waals surface area contributed by atoms with Crippen molar-refractivity contribution in [2.45, 2.75) is 58.5 Å². The van der Waals surface area contributed by atoms with E-state index in [-0.39, 0.29) is 18.0 Å². The van der Waals surface area contributed by atoms with Gasteiger partial charge in [0.25, 0.3) is 0 Å². The molecule has 0 saturated heterocycles. The molecule has 0 saturated carbocycles. The van der Waals surface area contributed by atoms with Crippen molar-refractivity contribution in [3.63, 3.8) is 0 Å². The van der Waals surface area contributed by atoms with E-state index in [4.69, 9.17) is 0 Å². The number of nitrogens with one attached hydrogen (secondary N) is 2. The van der Waals surface area contributed by atoms with Crippen LogP contribution in [0.5, 0.6) is 0 Å². The second kappa shape index (κ2) is 6.00. The van der Waals surface area contributed by atoms with E-state index in [1.165, 1.54) is 0 Å². The summed E-state index contributed by atoms with van der Waals surface area (Å²) in [6.07, 6.45) is 0.892. The molecule has 1 amide bonds. The summed E-state index contributed by atoms with van der Waals surface area (Å²) in [5, 5.41) is 14.8. The third kappa shape index (κ3) is 5.17. The molecule has 17 heavy (non-hydrogen) atoms. The van der Waals surface area contributed by atoms with Gasteiger partial charge < -0.3 is 10.4 Å². The molecule has 5 nitrogen and oxygen atoms in total. The largest absolute Gasteiger partial charge is 0.480 e. The van der Waals surface area contributed by atoms with Gasteiger partial charge in [-0.3, -0.25) is 14.9 Å². The fraction of sp³-hybridized carbons (Fsp3) is 0.833.